The minimum atomic E-state index is -0.0648. The fraction of sp³-hybridized carbons (Fsp3) is 0.500. The van der Waals surface area contributed by atoms with Gasteiger partial charge in [0.1, 0.15) is 11.6 Å². The normalized spacial score (nSPS) is 25.8. The van der Waals surface area contributed by atoms with Crippen LogP contribution in [0.3, 0.4) is 0 Å². The third-order valence-corrected chi connectivity index (χ3v) is 7.49. The molecule has 3 saturated heterocycles. The van der Waals surface area contributed by atoms with Gasteiger partial charge in [-0.05, 0) is 69.8 Å². The van der Waals surface area contributed by atoms with Crippen molar-refractivity contribution in [1.82, 2.24) is 20.9 Å². The zero-order valence-corrected chi connectivity index (χ0v) is 19.8. The minimum Gasteiger partial charge on any atom is -0.496 e. The van der Waals surface area contributed by atoms with Crippen molar-refractivity contribution in [2.45, 2.75) is 63.2 Å². The molecule has 3 aliphatic heterocycles. The summed E-state index contributed by atoms with van der Waals surface area (Å²) in [6.45, 7) is 3.68. The first-order chi connectivity index (χ1) is 16.5. The van der Waals surface area contributed by atoms with Crippen molar-refractivity contribution >= 4 is 17.6 Å². The van der Waals surface area contributed by atoms with Gasteiger partial charge >= 0.3 is 0 Å². The van der Waals surface area contributed by atoms with Crippen molar-refractivity contribution in [3.63, 3.8) is 0 Å². The molecule has 2 aromatic rings. The molecule has 4 atom stereocenters. The Hall–Kier alpha value is -3.13. The molecule has 3 N–H and O–H groups in total. The van der Waals surface area contributed by atoms with Gasteiger partial charge in [-0.2, -0.15) is 0 Å². The fourth-order valence-corrected chi connectivity index (χ4v) is 5.73. The summed E-state index contributed by atoms with van der Waals surface area (Å²) in [5.41, 5.74) is 2.12. The molecule has 34 heavy (non-hydrogen) atoms. The highest BCUT2D eigenvalue weighted by Gasteiger charge is 2.42. The van der Waals surface area contributed by atoms with Crippen molar-refractivity contribution in [1.29, 1.82) is 0 Å². The molecule has 0 radical (unpaired) electrons. The molecule has 8 heteroatoms. The minimum absolute atomic E-state index is 0.0415. The molecule has 3 aliphatic rings. The number of carbonyl (C=O) groups excluding carboxylic acids is 2. The van der Waals surface area contributed by atoms with E-state index in [1.54, 1.807) is 13.3 Å². The first-order valence-corrected chi connectivity index (χ1v) is 12.2. The van der Waals surface area contributed by atoms with Gasteiger partial charge < -0.3 is 25.6 Å². The second kappa shape index (κ2) is 9.62. The lowest BCUT2D eigenvalue weighted by molar-refractivity contribution is 0.0922. The molecule has 1 unspecified atom stereocenters. The van der Waals surface area contributed by atoms with Crippen LogP contribution in [0.4, 0.5) is 5.82 Å². The summed E-state index contributed by atoms with van der Waals surface area (Å²) in [7, 11) is 1.62. The Kier molecular flexibility index (Phi) is 6.41. The SMILES string of the molecule is COc1cccc(C(=O)NC2C[C@H]3CC[C@@H](C2)N3c2ccc(C(=O)N[C@@H]3CCNC3)cn2)c1C. The van der Waals surface area contributed by atoms with Gasteiger partial charge in [-0.3, -0.25) is 9.59 Å². The van der Waals surface area contributed by atoms with E-state index in [9.17, 15) is 9.59 Å². The molecule has 2 amide bonds. The summed E-state index contributed by atoms with van der Waals surface area (Å²) in [4.78, 5) is 32.5. The predicted molar refractivity (Wildman–Crippen MR) is 130 cm³/mol. The Morgan fingerprint density at radius 3 is 2.44 bits per heavy atom. The molecule has 180 valence electrons. The van der Waals surface area contributed by atoms with Crippen LogP contribution in [-0.4, -0.2) is 61.2 Å². The topological polar surface area (TPSA) is 95.6 Å². The molecule has 1 aromatic carbocycles. The highest BCUT2D eigenvalue weighted by molar-refractivity contribution is 5.96. The van der Waals surface area contributed by atoms with Crippen LogP contribution in [0, 0.1) is 6.92 Å². The molecule has 8 nitrogen and oxygen atoms in total. The third kappa shape index (κ3) is 4.46. The molecule has 2 bridgehead atoms. The number of benzene rings is 1. The maximum absolute atomic E-state index is 13.0. The maximum Gasteiger partial charge on any atom is 0.253 e. The van der Waals surface area contributed by atoms with Gasteiger partial charge in [-0.1, -0.05) is 6.07 Å². The predicted octanol–water partition coefficient (Wildman–Crippen LogP) is 2.42. The number of pyridine rings is 1. The van der Waals surface area contributed by atoms with E-state index in [1.807, 2.05) is 37.3 Å². The number of anilines is 1. The van der Waals surface area contributed by atoms with Crippen LogP contribution >= 0.6 is 0 Å². The molecule has 3 fully saturated rings. The van der Waals surface area contributed by atoms with Gasteiger partial charge in [0, 0.05) is 48.0 Å². The molecule has 0 saturated carbocycles. The number of carbonyl (C=O) groups is 2. The summed E-state index contributed by atoms with van der Waals surface area (Å²) in [5.74, 6) is 1.54. The Balaban J connectivity index is 1.22. The first-order valence-electron chi connectivity index (χ1n) is 12.2. The van der Waals surface area contributed by atoms with Crippen molar-refractivity contribution in [2.75, 3.05) is 25.1 Å². The number of fused-ring (bicyclic) bond motifs is 2. The van der Waals surface area contributed by atoms with E-state index in [0.717, 1.165) is 62.3 Å². The number of hydrogen-bond acceptors (Lipinski definition) is 6. The maximum atomic E-state index is 13.0. The molecule has 1 aromatic heterocycles. The Morgan fingerprint density at radius 1 is 1.03 bits per heavy atom. The summed E-state index contributed by atoms with van der Waals surface area (Å²) in [5, 5.41) is 9.59. The van der Waals surface area contributed by atoms with Gasteiger partial charge in [0.2, 0.25) is 0 Å². The number of ether oxygens (including phenoxy) is 1. The number of piperidine rings is 1. The lowest BCUT2D eigenvalue weighted by Crippen LogP contribution is -2.50. The third-order valence-electron chi connectivity index (χ3n) is 7.49. The van der Waals surface area contributed by atoms with Crippen molar-refractivity contribution in [2.24, 2.45) is 0 Å². The Morgan fingerprint density at radius 2 is 1.79 bits per heavy atom. The van der Waals surface area contributed by atoms with E-state index in [-0.39, 0.29) is 23.9 Å². The molecule has 0 spiro atoms. The molecular formula is C26H33N5O3. The van der Waals surface area contributed by atoms with Crippen LogP contribution < -0.4 is 25.6 Å². The van der Waals surface area contributed by atoms with E-state index in [0.29, 0.717) is 23.2 Å². The van der Waals surface area contributed by atoms with E-state index in [1.165, 1.54) is 0 Å². The number of hydrogen-bond donors (Lipinski definition) is 3. The highest BCUT2D eigenvalue weighted by atomic mass is 16.5. The number of aromatic nitrogens is 1. The number of methoxy groups -OCH3 is 1. The smallest absolute Gasteiger partial charge is 0.253 e. The second-order valence-electron chi connectivity index (χ2n) is 9.64. The zero-order valence-electron chi connectivity index (χ0n) is 19.8. The molecule has 4 heterocycles. The summed E-state index contributed by atoms with van der Waals surface area (Å²) < 4.78 is 5.37. The number of nitrogens with zero attached hydrogens (tertiary/aromatic N) is 2. The van der Waals surface area contributed by atoms with E-state index >= 15 is 0 Å². The Labute approximate surface area is 200 Å². The average Bonchev–Trinajstić information content (AvgIpc) is 3.44. The molecule has 0 aliphatic carbocycles. The number of amides is 2. The number of nitrogens with one attached hydrogen (secondary N) is 3. The van der Waals surface area contributed by atoms with Crippen LogP contribution in [0.5, 0.6) is 5.75 Å². The molecule has 5 rings (SSSR count). The van der Waals surface area contributed by atoms with Crippen molar-refractivity contribution in [3.05, 3.63) is 53.2 Å². The zero-order chi connectivity index (χ0) is 23.7. The van der Waals surface area contributed by atoms with Gasteiger partial charge in [-0.15, -0.1) is 0 Å². The largest absolute Gasteiger partial charge is 0.496 e. The molecular weight excluding hydrogens is 430 g/mol. The fourth-order valence-electron chi connectivity index (χ4n) is 5.73. The van der Waals surface area contributed by atoms with Gasteiger partial charge in [0.25, 0.3) is 11.8 Å². The summed E-state index contributed by atoms with van der Waals surface area (Å²) >= 11 is 0. The number of rotatable bonds is 6. The van der Waals surface area contributed by atoms with E-state index in [4.69, 9.17) is 4.74 Å². The van der Waals surface area contributed by atoms with Gasteiger partial charge in [0.05, 0.1) is 12.7 Å². The van der Waals surface area contributed by atoms with Crippen molar-refractivity contribution < 1.29 is 14.3 Å². The quantitative estimate of drug-likeness (QED) is 0.609. The average molecular weight is 464 g/mol. The van der Waals surface area contributed by atoms with Crippen LogP contribution in [0.15, 0.2) is 36.5 Å². The van der Waals surface area contributed by atoms with Gasteiger partial charge in [0.15, 0.2) is 0 Å². The lowest BCUT2D eigenvalue weighted by atomic mass is 9.96. The van der Waals surface area contributed by atoms with Crippen LogP contribution in [0.1, 0.15) is 58.4 Å². The lowest BCUT2D eigenvalue weighted by Gasteiger charge is -2.40. The van der Waals surface area contributed by atoms with Crippen molar-refractivity contribution in [3.8, 4) is 5.75 Å². The highest BCUT2D eigenvalue weighted by Crippen LogP contribution is 2.38. The van der Waals surface area contributed by atoms with Crippen LogP contribution in [0.2, 0.25) is 0 Å². The Bertz CT molecular complexity index is 1040. The monoisotopic (exact) mass is 463 g/mol. The van der Waals surface area contributed by atoms with Gasteiger partial charge in [-0.25, -0.2) is 4.98 Å². The van der Waals surface area contributed by atoms with E-state index < -0.39 is 0 Å². The standard InChI is InChI=1S/C26H33N5O3/c1-16-22(4-3-5-23(16)34-2)26(33)30-19-12-20-7-8-21(13-19)31(20)24-9-6-17(14-28-24)25(32)29-18-10-11-27-15-18/h3-6,9,14,18-21,27H,7-8,10-13,15H2,1-2H3,(H,29,32)(H,30,33)/t18-,19?,20-,21+/m1/s1. The second-order valence-corrected chi connectivity index (χ2v) is 9.64. The summed E-state index contributed by atoms with van der Waals surface area (Å²) in [6, 6.07) is 10.4. The van der Waals surface area contributed by atoms with E-state index in [2.05, 4.69) is 25.8 Å². The first kappa shape index (κ1) is 22.7. The van der Waals surface area contributed by atoms with Crippen LogP contribution in [-0.2, 0) is 0 Å². The summed E-state index contributed by atoms with van der Waals surface area (Å²) in [6.07, 6.45) is 6.62. The van der Waals surface area contributed by atoms with Crippen LogP contribution in [0.25, 0.3) is 0 Å².